The molecule has 31 heavy (non-hydrogen) atoms. The summed E-state index contributed by atoms with van der Waals surface area (Å²) in [5.74, 6) is 1.55. The highest BCUT2D eigenvalue weighted by atomic mass is 32.2. The van der Waals surface area contributed by atoms with Crippen LogP contribution in [-0.2, 0) is 22.8 Å². The molecular weight excluding hydrogens is 412 g/mol. The molecule has 0 saturated carbocycles. The Bertz CT molecular complexity index is 1310. The number of H-pyrrole nitrogens is 1. The van der Waals surface area contributed by atoms with Gasteiger partial charge in [0.1, 0.15) is 0 Å². The average molecular weight is 437 g/mol. The Hall–Kier alpha value is -2.97. The molecule has 1 unspecified atom stereocenters. The van der Waals surface area contributed by atoms with Crippen LogP contribution < -0.4 is 0 Å². The number of aromatic nitrogens is 3. The normalized spacial score (nSPS) is 17.5. The molecule has 1 atom stereocenters. The Kier molecular flexibility index (Phi) is 5.11. The van der Waals surface area contributed by atoms with E-state index < -0.39 is 9.84 Å². The molecule has 2 aromatic carbocycles. The SMILES string of the molecule is CS(=O)(=O)c1ccc(CN2CCC(c3nnc(Cc4c[nH]c5ccccc45)o3)C2)cc1. The number of aromatic amines is 1. The number of para-hydroxylation sites is 1. The summed E-state index contributed by atoms with van der Waals surface area (Å²) >= 11 is 0. The lowest BCUT2D eigenvalue weighted by molar-refractivity contribution is 0.318. The van der Waals surface area contributed by atoms with Gasteiger partial charge in [0.2, 0.25) is 11.8 Å². The van der Waals surface area contributed by atoms with Gasteiger partial charge in [0.25, 0.3) is 0 Å². The maximum atomic E-state index is 11.6. The van der Waals surface area contributed by atoms with Gasteiger partial charge >= 0.3 is 0 Å². The van der Waals surface area contributed by atoms with Crippen molar-refractivity contribution in [3.8, 4) is 0 Å². The Balaban J connectivity index is 1.22. The van der Waals surface area contributed by atoms with E-state index in [-0.39, 0.29) is 5.92 Å². The highest BCUT2D eigenvalue weighted by molar-refractivity contribution is 7.90. The molecule has 160 valence electrons. The molecule has 8 heteroatoms. The molecule has 0 amide bonds. The summed E-state index contributed by atoms with van der Waals surface area (Å²) < 4.78 is 29.3. The molecule has 5 rings (SSSR count). The van der Waals surface area contributed by atoms with E-state index in [2.05, 4.69) is 32.2 Å². The van der Waals surface area contributed by atoms with Crippen molar-refractivity contribution >= 4 is 20.7 Å². The average Bonchev–Trinajstić information content (AvgIpc) is 3.49. The number of benzene rings is 2. The molecule has 0 aliphatic carbocycles. The Morgan fingerprint density at radius 1 is 1.13 bits per heavy atom. The third-order valence-electron chi connectivity index (χ3n) is 5.88. The van der Waals surface area contributed by atoms with Crippen molar-refractivity contribution in [1.29, 1.82) is 0 Å². The summed E-state index contributed by atoms with van der Waals surface area (Å²) in [7, 11) is -3.16. The third-order valence-corrected chi connectivity index (χ3v) is 7.01. The third kappa shape index (κ3) is 4.26. The van der Waals surface area contributed by atoms with Gasteiger partial charge in [-0.15, -0.1) is 10.2 Å². The van der Waals surface area contributed by atoms with Crippen molar-refractivity contribution in [3.63, 3.8) is 0 Å². The molecule has 1 aliphatic heterocycles. The molecule has 1 N–H and O–H groups in total. The largest absolute Gasteiger partial charge is 0.425 e. The van der Waals surface area contributed by atoms with E-state index in [0.717, 1.165) is 42.7 Å². The van der Waals surface area contributed by atoms with Crippen molar-refractivity contribution in [2.75, 3.05) is 19.3 Å². The highest BCUT2D eigenvalue weighted by Gasteiger charge is 2.28. The van der Waals surface area contributed by atoms with Gasteiger partial charge in [0.15, 0.2) is 9.84 Å². The Labute approximate surface area is 181 Å². The lowest BCUT2D eigenvalue weighted by Gasteiger charge is -2.15. The predicted octanol–water partition coefficient (Wildman–Crippen LogP) is 3.53. The van der Waals surface area contributed by atoms with Crippen LogP contribution >= 0.6 is 0 Å². The number of nitrogens with zero attached hydrogens (tertiary/aromatic N) is 3. The Morgan fingerprint density at radius 2 is 1.94 bits per heavy atom. The summed E-state index contributed by atoms with van der Waals surface area (Å²) in [5.41, 5.74) is 3.35. The fraction of sp³-hybridized carbons (Fsp3) is 0.304. The van der Waals surface area contributed by atoms with E-state index in [1.807, 2.05) is 30.5 Å². The van der Waals surface area contributed by atoms with Crippen LogP contribution in [0.15, 0.2) is 64.0 Å². The molecule has 1 fully saturated rings. The second-order valence-electron chi connectivity index (χ2n) is 8.21. The van der Waals surface area contributed by atoms with Crippen LogP contribution in [0.5, 0.6) is 0 Å². The molecule has 1 aliphatic rings. The topological polar surface area (TPSA) is 92.1 Å². The summed E-state index contributed by atoms with van der Waals surface area (Å²) in [6.07, 6.45) is 4.81. The molecule has 0 bridgehead atoms. The zero-order valence-corrected chi connectivity index (χ0v) is 18.1. The van der Waals surface area contributed by atoms with E-state index in [1.54, 1.807) is 12.1 Å². The standard InChI is InChI=1S/C23H24N4O3S/c1-31(28,29)19-8-6-16(7-9-19)14-27-11-10-17(15-27)23-26-25-22(30-23)12-18-13-24-21-5-3-2-4-20(18)21/h2-9,13,17,24H,10-12,14-15H2,1H3. The van der Waals surface area contributed by atoms with Crippen LogP contribution in [0, 0.1) is 0 Å². The minimum absolute atomic E-state index is 0.222. The van der Waals surface area contributed by atoms with Gasteiger partial charge in [0, 0.05) is 36.4 Å². The van der Waals surface area contributed by atoms with Gasteiger partial charge in [-0.25, -0.2) is 8.42 Å². The van der Waals surface area contributed by atoms with Crippen molar-refractivity contribution in [2.45, 2.75) is 30.2 Å². The smallest absolute Gasteiger partial charge is 0.221 e. The minimum Gasteiger partial charge on any atom is -0.425 e. The van der Waals surface area contributed by atoms with E-state index in [1.165, 1.54) is 11.6 Å². The fourth-order valence-corrected chi connectivity index (χ4v) is 4.85. The van der Waals surface area contributed by atoms with Gasteiger partial charge < -0.3 is 9.40 Å². The van der Waals surface area contributed by atoms with Crippen LogP contribution in [0.4, 0.5) is 0 Å². The van der Waals surface area contributed by atoms with Crippen LogP contribution in [0.2, 0.25) is 0 Å². The molecule has 7 nitrogen and oxygen atoms in total. The highest BCUT2D eigenvalue weighted by Crippen LogP contribution is 2.28. The van der Waals surface area contributed by atoms with E-state index in [9.17, 15) is 8.42 Å². The first-order valence-electron chi connectivity index (χ1n) is 10.3. The number of sulfone groups is 1. The zero-order valence-electron chi connectivity index (χ0n) is 17.3. The molecular formula is C23H24N4O3S. The molecule has 0 spiro atoms. The second kappa shape index (κ2) is 7.94. The number of fused-ring (bicyclic) bond motifs is 1. The maximum absolute atomic E-state index is 11.6. The van der Waals surface area contributed by atoms with Crippen molar-refractivity contribution in [1.82, 2.24) is 20.1 Å². The Morgan fingerprint density at radius 3 is 2.74 bits per heavy atom. The van der Waals surface area contributed by atoms with Crippen LogP contribution in [0.1, 0.15) is 35.2 Å². The van der Waals surface area contributed by atoms with Crippen molar-refractivity contribution < 1.29 is 12.8 Å². The van der Waals surface area contributed by atoms with E-state index in [0.29, 0.717) is 23.1 Å². The quantitative estimate of drug-likeness (QED) is 0.497. The molecule has 0 radical (unpaired) electrons. The predicted molar refractivity (Wildman–Crippen MR) is 118 cm³/mol. The first-order valence-corrected chi connectivity index (χ1v) is 12.2. The number of hydrogen-bond donors (Lipinski definition) is 1. The first-order chi connectivity index (χ1) is 15.0. The van der Waals surface area contributed by atoms with Gasteiger partial charge in [-0.05, 0) is 42.3 Å². The molecule has 1 saturated heterocycles. The maximum Gasteiger partial charge on any atom is 0.221 e. The molecule has 4 aromatic rings. The number of rotatable bonds is 6. The summed E-state index contributed by atoms with van der Waals surface area (Å²) in [6, 6.07) is 15.3. The minimum atomic E-state index is -3.16. The zero-order chi connectivity index (χ0) is 21.4. The first kappa shape index (κ1) is 20.0. The number of nitrogens with one attached hydrogen (secondary N) is 1. The monoisotopic (exact) mass is 436 g/mol. The number of likely N-dealkylation sites (tertiary alicyclic amines) is 1. The summed E-state index contributed by atoms with van der Waals surface area (Å²) in [5, 5.41) is 9.77. The van der Waals surface area contributed by atoms with E-state index >= 15 is 0 Å². The van der Waals surface area contributed by atoms with Crippen LogP contribution in [-0.4, -0.2) is 47.8 Å². The van der Waals surface area contributed by atoms with Gasteiger partial charge in [-0.2, -0.15) is 0 Å². The van der Waals surface area contributed by atoms with Gasteiger partial charge in [0.05, 0.1) is 17.2 Å². The summed E-state index contributed by atoms with van der Waals surface area (Å²) in [4.78, 5) is 5.97. The lowest BCUT2D eigenvalue weighted by atomic mass is 10.1. The number of hydrogen-bond acceptors (Lipinski definition) is 6. The molecule has 2 aromatic heterocycles. The van der Waals surface area contributed by atoms with Crippen LogP contribution in [0.3, 0.4) is 0 Å². The second-order valence-corrected chi connectivity index (χ2v) is 10.2. The summed E-state index contributed by atoms with van der Waals surface area (Å²) in [6.45, 7) is 2.57. The van der Waals surface area contributed by atoms with E-state index in [4.69, 9.17) is 4.42 Å². The fourth-order valence-electron chi connectivity index (χ4n) is 4.22. The molecule has 3 heterocycles. The lowest BCUT2D eigenvalue weighted by Crippen LogP contribution is -2.19. The van der Waals surface area contributed by atoms with Gasteiger partial charge in [-0.1, -0.05) is 30.3 Å². The van der Waals surface area contributed by atoms with Gasteiger partial charge in [-0.3, -0.25) is 4.90 Å². The van der Waals surface area contributed by atoms with Crippen molar-refractivity contribution in [2.24, 2.45) is 0 Å². The van der Waals surface area contributed by atoms with Crippen LogP contribution in [0.25, 0.3) is 10.9 Å². The van der Waals surface area contributed by atoms with Crippen molar-refractivity contribution in [3.05, 3.63) is 77.6 Å².